The highest BCUT2D eigenvalue weighted by molar-refractivity contribution is 5.95. The van der Waals surface area contributed by atoms with Crippen molar-refractivity contribution in [1.29, 1.82) is 0 Å². The first-order valence-corrected chi connectivity index (χ1v) is 11.4. The summed E-state index contributed by atoms with van der Waals surface area (Å²) in [5.41, 5.74) is 8.82. The van der Waals surface area contributed by atoms with Crippen LogP contribution in [0, 0.1) is 5.92 Å². The van der Waals surface area contributed by atoms with Gasteiger partial charge in [-0.05, 0) is 54.2 Å². The Morgan fingerprint density at radius 2 is 1.75 bits per heavy atom. The molecular weight excluding hydrogens is 400 g/mol. The number of piperidine rings is 1. The molecule has 0 aromatic heterocycles. The Morgan fingerprint density at radius 1 is 1.03 bits per heavy atom. The number of Topliss-reactive ketones (excluding diaryl/α,β-unsaturated/α-hetero) is 1. The number of rotatable bonds is 4. The van der Waals surface area contributed by atoms with E-state index in [0.717, 1.165) is 33.7 Å². The molecule has 1 saturated heterocycles. The van der Waals surface area contributed by atoms with Gasteiger partial charge in [0.05, 0.1) is 0 Å². The molecule has 2 aromatic carbocycles. The van der Waals surface area contributed by atoms with Gasteiger partial charge in [0.2, 0.25) is 0 Å². The number of carbonyl (C=O) groups excluding carboxylic acids is 2. The van der Waals surface area contributed by atoms with Gasteiger partial charge in [0, 0.05) is 41.9 Å². The lowest BCUT2D eigenvalue weighted by Crippen LogP contribution is -2.42. The molecule has 2 aromatic rings. The first-order valence-electron chi connectivity index (χ1n) is 11.4. The standard InChI is InChI=1S/C27H28N2O3/c28-24-7-2-1-4-22-21(5-3-6-23(22)24)18-8-10-20(11-9-18)26(31)29-16-12-19(13-17-29)25(30)27(32)14-15-27/h1-6,8-11,19,32H,7,12-17,28H2. The number of fused-ring (bicyclic) bond motifs is 1. The van der Waals surface area contributed by atoms with E-state index in [4.69, 9.17) is 5.73 Å². The summed E-state index contributed by atoms with van der Waals surface area (Å²) in [5.74, 6) is -0.163. The third kappa shape index (κ3) is 3.78. The zero-order chi connectivity index (χ0) is 22.3. The lowest BCUT2D eigenvalue weighted by molar-refractivity contribution is -0.134. The van der Waals surface area contributed by atoms with Gasteiger partial charge in [0.25, 0.3) is 5.91 Å². The highest BCUT2D eigenvalue weighted by atomic mass is 16.3. The average molecular weight is 429 g/mol. The Kier molecular flexibility index (Phi) is 5.22. The number of nitrogens with zero attached hydrogens (tertiary/aromatic N) is 1. The summed E-state index contributed by atoms with van der Waals surface area (Å²) in [4.78, 5) is 27.2. The van der Waals surface area contributed by atoms with Crippen LogP contribution in [0.4, 0.5) is 0 Å². The normalized spacial score (nSPS) is 19.7. The number of likely N-dealkylation sites (tertiary alicyclic amines) is 1. The van der Waals surface area contributed by atoms with Crippen LogP contribution in [0.3, 0.4) is 0 Å². The Labute approximate surface area is 187 Å². The van der Waals surface area contributed by atoms with Gasteiger partial charge >= 0.3 is 0 Å². The topological polar surface area (TPSA) is 83.6 Å². The molecule has 32 heavy (non-hydrogen) atoms. The van der Waals surface area contributed by atoms with Crippen molar-refractivity contribution in [3.63, 3.8) is 0 Å². The van der Waals surface area contributed by atoms with E-state index < -0.39 is 5.60 Å². The molecule has 1 aliphatic heterocycles. The predicted molar refractivity (Wildman–Crippen MR) is 125 cm³/mol. The minimum atomic E-state index is -1.07. The number of allylic oxidation sites excluding steroid dienone is 1. The maximum absolute atomic E-state index is 13.0. The van der Waals surface area contributed by atoms with Crippen molar-refractivity contribution >= 4 is 23.5 Å². The zero-order valence-electron chi connectivity index (χ0n) is 18.1. The third-order valence-electron chi connectivity index (χ3n) is 6.97. The van der Waals surface area contributed by atoms with Crippen LogP contribution in [0.5, 0.6) is 0 Å². The second-order valence-corrected chi connectivity index (χ2v) is 9.13. The molecule has 2 aliphatic carbocycles. The van der Waals surface area contributed by atoms with Crippen molar-refractivity contribution in [2.75, 3.05) is 13.1 Å². The summed E-state index contributed by atoms with van der Waals surface area (Å²) in [6.45, 7) is 1.10. The summed E-state index contributed by atoms with van der Waals surface area (Å²) < 4.78 is 0. The molecule has 5 rings (SSSR count). The fourth-order valence-corrected chi connectivity index (χ4v) is 4.81. The van der Waals surface area contributed by atoms with Crippen molar-refractivity contribution in [2.45, 2.75) is 37.7 Å². The summed E-state index contributed by atoms with van der Waals surface area (Å²) in [5, 5.41) is 12.2. The van der Waals surface area contributed by atoms with Gasteiger partial charge in [0.15, 0.2) is 5.78 Å². The van der Waals surface area contributed by atoms with E-state index in [9.17, 15) is 14.7 Å². The van der Waals surface area contributed by atoms with Crippen molar-refractivity contribution in [1.82, 2.24) is 4.90 Å². The Balaban J connectivity index is 1.32. The van der Waals surface area contributed by atoms with Crippen LogP contribution < -0.4 is 16.2 Å². The Morgan fingerprint density at radius 3 is 2.44 bits per heavy atom. The molecule has 164 valence electrons. The molecule has 1 saturated carbocycles. The highest BCUT2D eigenvalue weighted by Crippen LogP contribution is 2.40. The monoisotopic (exact) mass is 428 g/mol. The van der Waals surface area contributed by atoms with Crippen molar-refractivity contribution in [3.05, 3.63) is 70.6 Å². The van der Waals surface area contributed by atoms with Crippen LogP contribution in [0.1, 0.15) is 42.5 Å². The first kappa shape index (κ1) is 20.7. The summed E-state index contributed by atoms with van der Waals surface area (Å²) in [7, 11) is 0. The van der Waals surface area contributed by atoms with Gasteiger partial charge in [0.1, 0.15) is 5.60 Å². The fraction of sp³-hybridized carbons (Fsp3) is 0.333. The maximum atomic E-state index is 13.0. The molecule has 0 atom stereocenters. The molecule has 5 nitrogen and oxygen atoms in total. The quantitative estimate of drug-likeness (QED) is 0.781. The molecule has 3 aliphatic rings. The summed E-state index contributed by atoms with van der Waals surface area (Å²) in [6, 6.07) is 13.9. The van der Waals surface area contributed by atoms with Gasteiger partial charge in [-0.3, -0.25) is 9.59 Å². The minimum Gasteiger partial charge on any atom is -0.401 e. The number of hydrogen-bond donors (Lipinski definition) is 2. The highest BCUT2D eigenvalue weighted by Gasteiger charge is 2.50. The molecule has 1 heterocycles. The number of aliphatic hydroxyl groups is 1. The van der Waals surface area contributed by atoms with E-state index in [-0.39, 0.29) is 17.6 Å². The number of nitrogens with two attached hydrogens (primary N) is 1. The number of hydrogen-bond acceptors (Lipinski definition) is 4. The van der Waals surface area contributed by atoms with Crippen LogP contribution in [0.15, 0.2) is 54.6 Å². The van der Waals surface area contributed by atoms with Crippen LogP contribution in [0.25, 0.3) is 22.9 Å². The van der Waals surface area contributed by atoms with E-state index in [0.29, 0.717) is 44.3 Å². The third-order valence-corrected chi connectivity index (χ3v) is 6.97. The van der Waals surface area contributed by atoms with Gasteiger partial charge in [-0.25, -0.2) is 0 Å². The minimum absolute atomic E-state index is 0.00783. The predicted octanol–water partition coefficient (Wildman–Crippen LogP) is 2.11. The number of carbonyl (C=O) groups is 2. The Hall–Kier alpha value is -3.18. The molecule has 0 radical (unpaired) electrons. The lowest BCUT2D eigenvalue weighted by atomic mass is 9.88. The van der Waals surface area contributed by atoms with Crippen LogP contribution in [-0.2, 0) is 4.79 Å². The van der Waals surface area contributed by atoms with E-state index >= 15 is 0 Å². The van der Waals surface area contributed by atoms with Crippen molar-refractivity contribution in [2.24, 2.45) is 11.7 Å². The first-order chi connectivity index (χ1) is 15.5. The van der Waals surface area contributed by atoms with Crippen molar-refractivity contribution < 1.29 is 14.7 Å². The van der Waals surface area contributed by atoms with E-state index in [1.54, 1.807) is 0 Å². The molecule has 0 spiro atoms. The number of amides is 1. The molecular formula is C27H28N2O3. The Bertz CT molecular complexity index is 1210. The summed E-state index contributed by atoms with van der Waals surface area (Å²) >= 11 is 0. The molecule has 1 amide bonds. The fourth-order valence-electron chi connectivity index (χ4n) is 4.81. The van der Waals surface area contributed by atoms with Gasteiger partial charge in [-0.15, -0.1) is 0 Å². The smallest absolute Gasteiger partial charge is 0.253 e. The van der Waals surface area contributed by atoms with E-state index in [1.807, 2.05) is 47.4 Å². The van der Waals surface area contributed by atoms with E-state index in [1.165, 1.54) is 0 Å². The lowest BCUT2D eigenvalue weighted by Gasteiger charge is -2.32. The van der Waals surface area contributed by atoms with Gasteiger partial charge in [-0.2, -0.15) is 0 Å². The molecule has 3 N–H and O–H groups in total. The average Bonchev–Trinajstić information content (AvgIpc) is 3.62. The molecule has 2 fully saturated rings. The molecule has 0 unspecified atom stereocenters. The van der Waals surface area contributed by atoms with Gasteiger partial charge in [-0.1, -0.05) is 48.6 Å². The van der Waals surface area contributed by atoms with E-state index in [2.05, 4.69) is 18.2 Å². The largest absolute Gasteiger partial charge is 0.401 e. The maximum Gasteiger partial charge on any atom is 0.253 e. The van der Waals surface area contributed by atoms with Crippen LogP contribution in [-0.4, -0.2) is 40.4 Å². The second kappa shape index (κ2) is 8.06. The van der Waals surface area contributed by atoms with Crippen LogP contribution in [0.2, 0.25) is 0 Å². The number of benzene rings is 2. The summed E-state index contributed by atoms with van der Waals surface area (Å²) in [6.07, 6.45) is 9.35. The second-order valence-electron chi connectivity index (χ2n) is 9.13. The van der Waals surface area contributed by atoms with Crippen molar-refractivity contribution in [3.8, 4) is 11.1 Å². The zero-order valence-corrected chi connectivity index (χ0v) is 18.1. The van der Waals surface area contributed by atoms with Gasteiger partial charge < -0.3 is 15.7 Å². The van der Waals surface area contributed by atoms with Crippen LogP contribution >= 0.6 is 0 Å². The molecule has 0 bridgehead atoms. The molecule has 5 heteroatoms. The number of ketones is 1. The SMILES string of the molecule is NC1=c2cccc(-c3ccc(C(=O)N4CCC(C(=O)C5(O)CC5)CC4)cc3)c2=CC=CC1.